The molecule has 0 aromatic carbocycles. The molecule has 1 fully saturated rings. The van der Waals surface area contributed by atoms with E-state index in [1.807, 2.05) is 10.9 Å². The van der Waals surface area contributed by atoms with Crippen LogP contribution >= 0.6 is 0 Å². The quantitative estimate of drug-likeness (QED) is 0.859. The van der Waals surface area contributed by atoms with Crippen LogP contribution in [0.3, 0.4) is 0 Å². The zero-order valence-electron chi connectivity index (χ0n) is 12.6. The van der Waals surface area contributed by atoms with Crippen molar-refractivity contribution in [1.29, 1.82) is 0 Å². The summed E-state index contributed by atoms with van der Waals surface area (Å²) in [7, 11) is 0. The molecule has 0 spiro atoms. The molecular formula is C15H27N3O. The SMILES string of the molecule is CC(C)CNCC1CCOC1c1cnn(C(C)C)c1. The molecule has 19 heavy (non-hydrogen) atoms. The second-order valence-corrected chi connectivity index (χ2v) is 6.24. The van der Waals surface area contributed by atoms with Crippen molar-refractivity contribution in [3.05, 3.63) is 18.0 Å². The van der Waals surface area contributed by atoms with Crippen LogP contribution in [0.1, 0.15) is 51.8 Å². The van der Waals surface area contributed by atoms with Crippen LogP contribution in [-0.2, 0) is 4.74 Å². The van der Waals surface area contributed by atoms with E-state index in [4.69, 9.17) is 4.74 Å². The van der Waals surface area contributed by atoms with Gasteiger partial charge < -0.3 is 10.1 Å². The molecule has 2 unspecified atom stereocenters. The van der Waals surface area contributed by atoms with Crippen molar-refractivity contribution in [2.75, 3.05) is 19.7 Å². The average molecular weight is 265 g/mol. The van der Waals surface area contributed by atoms with E-state index in [0.29, 0.717) is 17.9 Å². The lowest BCUT2D eigenvalue weighted by atomic mass is 9.97. The number of hydrogen-bond donors (Lipinski definition) is 1. The number of hydrogen-bond acceptors (Lipinski definition) is 3. The predicted octanol–water partition coefficient (Wildman–Crippen LogP) is 2.79. The maximum Gasteiger partial charge on any atom is 0.0896 e. The third kappa shape index (κ3) is 3.80. The van der Waals surface area contributed by atoms with Crippen molar-refractivity contribution in [1.82, 2.24) is 15.1 Å². The molecule has 0 saturated carbocycles. The van der Waals surface area contributed by atoms with Gasteiger partial charge in [0, 0.05) is 36.9 Å². The summed E-state index contributed by atoms with van der Waals surface area (Å²) >= 11 is 0. The molecule has 0 bridgehead atoms. The molecule has 0 aliphatic carbocycles. The molecule has 1 aromatic heterocycles. The summed E-state index contributed by atoms with van der Waals surface area (Å²) in [5.74, 6) is 1.27. The standard InChI is InChI=1S/C15H27N3O/c1-11(2)7-16-8-13-5-6-19-15(13)14-9-17-18(10-14)12(3)4/h9-13,15-16H,5-8H2,1-4H3. The largest absolute Gasteiger partial charge is 0.373 e. The van der Waals surface area contributed by atoms with Gasteiger partial charge in [0.25, 0.3) is 0 Å². The van der Waals surface area contributed by atoms with Gasteiger partial charge in [0.1, 0.15) is 0 Å². The number of rotatable bonds is 6. The Bertz CT molecular complexity index is 386. The van der Waals surface area contributed by atoms with Crippen molar-refractivity contribution in [2.24, 2.45) is 11.8 Å². The first-order valence-corrected chi connectivity index (χ1v) is 7.44. The third-order valence-electron chi connectivity index (χ3n) is 3.65. The number of nitrogens with zero attached hydrogens (tertiary/aromatic N) is 2. The number of nitrogens with one attached hydrogen (secondary N) is 1. The molecular weight excluding hydrogens is 238 g/mol. The molecule has 1 aliphatic rings. The predicted molar refractivity (Wildman–Crippen MR) is 77.1 cm³/mol. The number of aromatic nitrogens is 2. The Hall–Kier alpha value is -0.870. The first-order valence-electron chi connectivity index (χ1n) is 7.44. The fraction of sp³-hybridized carbons (Fsp3) is 0.800. The van der Waals surface area contributed by atoms with Crippen molar-refractivity contribution >= 4 is 0 Å². The van der Waals surface area contributed by atoms with Gasteiger partial charge in [-0.05, 0) is 32.7 Å². The summed E-state index contributed by atoms with van der Waals surface area (Å²) in [5.41, 5.74) is 1.22. The lowest BCUT2D eigenvalue weighted by Crippen LogP contribution is -2.27. The first kappa shape index (κ1) is 14.5. The van der Waals surface area contributed by atoms with Crippen LogP contribution in [0.4, 0.5) is 0 Å². The highest BCUT2D eigenvalue weighted by Crippen LogP contribution is 2.34. The van der Waals surface area contributed by atoms with Crippen molar-refractivity contribution in [3.8, 4) is 0 Å². The number of ether oxygens (including phenoxy) is 1. The van der Waals surface area contributed by atoms with Gasteiger partial charge in [0.15, 0.2) is 0 Å². The molecule has 1 aromatic rings. The molecule has 4 heteroatoms. The van der Waals surface area contributed by atoms with E-state index in [1.165, 1.54) is 5.56 Å². The van der Waals surface area contributed by atoms with Gasteiger partial charge in [0.05, 0.1) is 12.3 Å². The van der Waals surface area contributed by atoms with Gasteiger partial charge in [-0.15, -0.1) is 0 Å². The van der Waals surface area contributed by atoms with Crippen LogP contribution < -0.4 is 5.32 Å². The highest BCUT2D eigenvalue weighted by Gasteiger charge is 2.30. The van der Waals surface area contributed by atoms with Gasteiger partial charge in [-0.2, -0.15) is 5.10 Å². The third-order valence-corrected chi connectivity index (χ3v) is 3.65. The minimum absolute atomic E-state index is 0.215. The second-order valence-electron chi connectivity index (χ2n) is 6.24. The molecule has 0 amide bonds. The minimum Gasteiger partial charge on any atom is -0.373 e. The molecule has 2 atom stereocenters. The Morgan fingerprint density at radius 1 is 1.42 bits per heavy atom. The van der Waals surface area contributed by atoms with E-state index in [0.717, 1.165) is 26.1 Å². The van der Waals surface area contributed by atoms with E-state index in [9.17, 15) is 0 Å². The topological polar surface area (TPSA) is 39.1 Å². The maximum atomic E-state index is 5.91. The highest BCUT2D eigenvalue weighted by atomic mass is 16.5. The van der Waals surface area contributed by atoms with Crippen LogP contribution in [-0.4, -0.2) is 29.5 Å². The van der Waals surface area contributed by atoms with Crippen molar-refractivity contribution in [3.63, 3.8) is 0 Å². The summed E-state index contributed by atoms with van der Waals surface area (Å²) in [6.07, 6.45) is 5.46. The normalized spacial score (nSPS) is 23.7. The lowest BCUT2D eigenvalue weighted by Gasteiger charge is -2.18. The molecule has 0 radical (unpaired) electrons. The molecule has 1 aliphatic heterocycles. The van der Waals surface area contributed by atoms with Gasteiger partial charge in [-0.1, -0.05) is 13.8 Å². The van der Waals surface area contributed by atoms with Gasteiger partial charge in [-0.25, -0.2) is 0 Å². The van der Waals surface area contributed by atoms with E-state index < -0.39 is 0 Å². The Morgan fingerprint density at radius 3 is 2.84 bits per heavy atom. The van der Waals surface area contributed by atoms with E-state index in [1.54, 1.807) is 0 Å². The Labute approximate surface area is 116 Å². The first-order chi connectivity index (χ1) is 9.08. The fourth-order valence-corrected chi connectivity index (χ4v) is 2.55. The van der Waals surface area contributed by atoms with Crippen LogP contribution in [0.2, 0.25) is 0 Å². The Balaban J connectivity index is 1.93. The van der Waals surface area contributed by atoms with Gasteiger partial charge >= 0.3 is 0 Å². The summed E-state index contributed by atoms with van der Waals surface area (Å²) in [6, 6.07) is 0.410. The maximum absolute atomic E-state index is 5.91. The zero-order chi connectivity index (χ0) is 13.8. The summed E-state index contributed by atoms with van der Waals surface area (Å²) in [6.45, 7) is 11.8. The van der Waals surface area contributed by atoms with Gasteiger partial charge in [0.2, 0.25) is 0 Å². The molecule has 2 rings (SSSR count). The molecule has 1 N–H and O–H groups in total. The Morgan fingerprint density at radius 2 is 2.21 bits per heavy atom. The van der Waals surface area contributed by atoms with Crippen LogP contribution in [0.15, 0.2) is 12.4 Å². The molecule has 1 saturated heterocycles. The van der Waals surface area contributed by atoms with Gasteiger partial charge in [-0.3, -0.25) is 4.68 Å². The fourth-order valence-electron chi connectivity index (χ4n) is 2.55. The van der Waals surface area contributed by atoms with Crippen LogP contribution in [0.5, 0.6) is 0 Å². The molecule has 4 nitrogen and oxygen atoms in total. The second kappa shape index (κ2) is 6.53. The summed E-state index contributed by atoms with van der Waals surface area (Å²) in [4.78, 5) is 0. The van der Waals surface area contributed by atoms with Crippen molar-refractivity contribution < 1.29 is 4.74 Å². The minimum atomic E-state index is 0.215. The van der Waals surface area contributed by atoms with E-state index >= 15 is 0 Å². The average Bonchev–Trinajstić information content (AvgIpc) is 2.94. The summed E-state index contributed by atoms with van der Waals surface area (Å²) < 4.78 is 7.92. The smallest absolute Gasteiger partial charge is 0.0896 e. The van der Waals surface area contributed by atoms with Crippen LogP contribution in [0, 0.1) is 11.8 Å². The zero-order valence-corrected chi connectivity index (χ0v) is 12.6. The van der Waals surface area contributed by atoms with Crippen molar-refractivity contribution in [2.45, 2.75) is 46.3 Å². The molecule has 108 valence electrons. The van der Waals surface area contributed by atoms with Crippen LogP contribution in [0.25, 0.3) is 0 Å². The monoisotopic (exact) mass is 265 g/mol. The van der Waals surface area contributed by atoms with E-state index in [-0.39, 0.29) is 6.10 Å². The van der Waals surface area contributed by atoms with E-state index in [2.05, 4.69) is 44.3 Å². The Kier molecular flexibility index (Phi) is 4.99. The lowest BCUT2D eigenvalue weighted by molar-refractivity contribution is 0.0902. The summed E-state index contributed by atoms with van der Waals surface area (Å²) in [5, 5.41) is 7.97. The highest BCUT2D eigenvalue weighted by molar-refractivity contribution is 5.11. The molecule has 2 heterocycles.